The Balaban J connectivity index is 1.37. The molecule has 1 aliphatic heterocycles. The molecule has 2 atom stereocenters. The fourth-order valence-corrected chi connectivity index (χ4v) is 5.73. The number of hydrogen-bond acceptors (Lipinski definition) is 4. The van der Waals surface area contributed by atoms with Crippen molar-refractivity contribution in [3.63, 3.8) is 0 Å². The van der Waals surface area contributed by atoms with Crippen LogP contribution in [0.15, 0.2) is 30.3 Å². The van der Waals surface area contributed by atoms with Gasteiger partial charge in [0.2, 0.25) is 11.8 Å². The predicted octanol–water partition coefficient (Wildman–Crippen LogP) is 5.81. The van der Waals surface area contributed by atoms with Crippen LogP contribution in [0.4, 0.5) is 8.78 Å². The van der Waals surface area contributed by atoms with Gasteiger partial charge in [0.15, 0.2) is 0 Å². The van der Waals surface area contributed by atoms with E-state index >= 15 is 0 Å². The number of carbonyl (C=O) groups excluding carboxylic acids is 1. The Labute approximate surface area is 213 Å². The molecule has 2 aliphatic rings. The second-order valence-corrected chi connectivity index (χ2v) is 11.1. The summed E-state index contributed by atoms with van der Waals surface area (Å²) in [7, 11) is 0. The van der Waals surface area contributed by atoms with Gasteiger partial charge in [0.1, 0.15) is 11.6 Å². The summed E-state index contributed by atoms with van der Waals surface area (Å²) in [5.41, 5.74) is 1.06. The van der Waals surface area contributed by atoms with Gasteiger partial charge in [0.05, 0.1) is 12.1 Å². The molecule has 1 amide bonds. The third kappa shape index (κ3) is 6.50. The molecule has 2 heterocycles. The van der Waals surface area contributed by atoms with Crippen molar-refractivity contribution in [2.24, 2.45) is 5.92 Å². The molecular weight excluding hydrogens is 460 g/mol. The van der Waals surface area contributed by atoms with E-state index in [9.17, 15) is 13.6 Å². The van der Waals surface area contributed by atoms with Gasteiger partial charge in [-0.05, 0) is 51.5 Å². The maximum atomic E-state index is 13.6. The summed E-state index contributed by atoms with van der Waals surface area (Å²) in [6, 6.07) is 10.5. The van der Waals surface area contributed by atoms with E-state index in [0.29, 0.717) is 12.0 Å². The van der Waals surface area contributed by atoms with Crippen LogP contribution in [-0.4, -0.2) is 50.6 Å². The fraction of sp³-hybridized carbons (Fsp3) is 0.679. The molecule has 2 aromatic rings. The molecule has 4 rings (SSSR count). The number of alkyl halides is 2. The number of likely N-dealkylation sites (tertiary alicyclic amines) is 1. The van der Waals surface area contributed by atoms with Crippen LogP contribution < -0.4 is 5.32 Å². The first-order valence-electron chi connectivity index (χ1n) is 13.5. The lowest BCUT2D eigenvalue weighted by Crippen LogP contribution is -2.44. The number of benzene rings is 1. The average Bonchev–Trinajstić information content (AvgIpc) is 3.26. The molecule has 0 unspecified atom stereocenters. The maximum Gasteiger partial charge on any atom is 0.248 e. The second kappa shape index (κ2) is 11.4. The molecule has 36 heavy (non-hydrogen) atoms. The molecule has 0 bridgehead atoms. The molecule has 1 N–H and O–H groups in total. The predicted molar refractivity (Wildman–Crippen MR) is 137 cm³/mol. The summed E-state index contributed by atoms with van der Waals surface area (Å²) in [6.07, 6.45) is 2.93. The number of piperidine rings is 1. The molecular formula is C28H41F2N5O. The van der Waals surface area contributed by atoms with Gasteiger partial charge in [0.25, 0.3) is 0 Å². The summed E-state index contributed by atoms with van der Waals surface area (Å²) >= 11 is 0. The van der Waals surface area contributed by atoms with E-state index in [2.05, 4.69) is 40.7 Å². The van der Waals surface area contributed by atoms with E-state index in [0.717, 1.165) is 49.6 Å². The maximum absolute atomic E-state index is 13.6. The summed E-state index contributed by atoms with van der Waals surface area (Å²) in [5, 5.41) is 7.92. The van der Waals surface area contributed by atoms with E-state index in [1.54, 1.807) is 0 Å². The molecule has 2 fully saturated rings. The third-order valence-electron chi connectivity index (χ3n) is 7.93. The van der Waals surface area contributed by atoms with Gasteiger partial charge < -0.3 is 10.2 Å². The minimum absolute atomic E-state index is 0.0898. The molecule has 6 nitrogen and oxygen atoms in total. The molecule has 0 radical (unpaired) electrons. The molecule has 8 heteroatoms. The summed E-state index contributed by atoms with van der Waals surface area (Å²) < 4.78 is 29.3. The number of hydrogen-bond donors (Lipinski definition) is 1. The average molecular weight is 502 g/mol. The van der Waals surface area contributed by atoms with E-state index in [1.807, 2.05) is 37.3 Å². The highest BCUT2D eigenvalue weighted by Gasteiger charge is 2.38. The molecule has 1 aliphatic carbocycles. The Morgan fingerprint density at radius 3 is 2.33 bits per heavy atom. The second-order valence-electron chi connectivity index (χ2n) is 11.1. The quantitative estimate of drug-likeness (QED) is 0.496. The standard InChI is InChI=1S/C28H41F2N5O/c1-19(2)26-31-21(4)33-35(26)24-12-16-34(17-13-24)20(3)18-25(22-8-6-5-7-9-22)32-27(36)23-10-14-28(29,30)15-11-23/h5-9,19-20,23-25H,10-18H2,1-4H3,(H,32,36)/t20-,25+/m1/s1. The number of rotatable bonds is 8. The zero-order valence-corrected chi connectivity index (χ0v) is 22.1. The first-order chi connectivity index (χ1) is 17.1. The van der Waals surface area contributed by atoms with Gasteiger partial charge in [0, 0.05) is 43.8 Å². The first kappa shape index (κ1) is 26.7. The number of nitrogens with zero attached hydrogens (tertiary/aromatic N) is 4. The van der Waals surface area contributed by atoms with E-state index < -0.39 is 5.92 Å². The molecule has 1 saturated carbocycles. The van der Waals surface area contributed by atoms with Crippen LogP contribution in [0.3, 0.4) is 0 Å². The molecule has 1 aromatic heterocycles. The molecule has 1 aromatic carbocycles. The Bertz CT molecular complexity index is 991. The van der Waals surface area contributed by atoms with Crippen LogP contribution in [0.1, 0.15) is 101 Å². The van der Waals surface area contributed by atoms with Crippen molar-refractivity contribution >= 4 is 5.91 Å². The van der Waals surface area contributed by atoms with Crippen molar-refractivity contribution in [1.29, 1.82) is 0 Å². The van der Waals surface area contributed by atoms with E-state index in [4.69, 9.17) is 5.10 Å². The van der Waals surface area contributed by atoms with Crippen LogP contribution in [0, 0.1) is 12.8 Å². The third-order valence-corrected chi connectivity index (χ3v) is 7.93. The van der Waals surface area contributed by atoms with Gasteiger partial charge in [-0.25, -0.2) is 18.4 Å². The Morgan fingerprint density at radius 2 is 1.72 bits per heavy atom. The normalized spacial score (nSPS) is 21.4. The Kier molecular flexibility index (Phi) is 8.43. The van der Waals surface area contributed by atoms with Gasteiger partial charge in [-0.15, -0.1) is 0 Å². The Morgan fingerprint density at radius 1 is 1.08 bits per heavy atom. The lowest BCUT2D eigenvalue weighted by atomic mass is 9.85. The number of amides is 1. The van der Waals surface area contributed by atoms with Crippen LogP contribution in [0.5, 0.6) is 0 Å². The van der Waals surface area contributed by atoms with Crippen molar-refractivity contribution in [2.75, 3.05) is 13.1 Å². The molecule has 1 saturated heterocycles. The molecule has 0 spiro atoms. The lowest BCUT2D eigenvalue weighted by molar-refractivity contribution is -0.130. The lowest BCUT2D eigenvalue weighted by Gasteiger charge is -2.38. The van der Waals surface area contributed by atoms with Crippen molar-refractivity contribution < 1.29 is 13.6 Å². The minimum Gasteiger partial charge on any atom is -0.349 e. The number of aromatic nitrogens is 3. The van der Waals surface area contributed by atoms with Crippen LogP contribution >= 0.6 is 0 Å². The summed E-state index contributed by atoms with van der Waals surface area (Å²) in [6.45, 7) is 10.4. The van der Waals surface area contributed by atoms with Gasteiger partial charge in [-0.2, -0.15) is 5.10 Å². The first-order valence-corrected chi connectivity index (χ1v) is 13.5. The topological polar surface area (TPSA) is 63.1 Å². The Hall–Kier alpha value is -2.35. The zero-order valence-electron chi connectivity index (χ0n) is 22.1. The zero-order chi connectivity index (χ0) is 25.9. The number of aryl methyl sites for hydroxylation is 1. The number of nitrogens with one attached hydrogen (secondary N) is 1. The minimum atomic E-state index is -2.63. The van der Waals surface area contributed by atoms with Gasteiger partial charge >= 0.3 is 0 Å². The summed E-state index contributed by atoms with van der Waals surface area (Å²) in [4.78, 5) is 20.2. The van der Waals surface area contributed by atoms with Gasteiger partial charge in [-0.1, -0.05) is 44.2 Å². The molecule has 198 valence electrons. The van der Waals surface area contributed by atoms with E-state index in [1.165, 1.54) is 0 Å². The number of carbonyl (C=O) groups is 1. The van der Waals surface area contributed by atoms with Crippen LogP contribution in [-0.2, 0) is 4.79 Å². The smallest absolute Gasteiger partial charge is 0.248 e. The van der Waals surface area contributed by atoms with Gasteiger partial charge in [-0.3, -0.25) is 4.79 Å². The largest absolute Gasteiger partial charge is 0.349 e. The summed E-state index contributed by atoms with van der Waals surface area (Å²) in [5.74, 6) is -0.814. The highest BCUT2D eigenvalue weighted by atomic mass is 19.3. The highest BCUT2D eigenvalue weighted by molar-refractivity contribution is 5.79. The van der Waals surface area contributed by atoms with Crippen molar-refractivity contribution in [1.82, 2.24) is 25.0 Å². The van der Waals surface area contributed by atoms with Crippen molar-refractivity contribution in [3.8, 4) is 0 Å². The van der Waals surface area contributed by atoms with Crippen LogP contribution in [0.25, 0.3) is 0 Å². The van der Waals surface area contributed by atoms with Crippen molar-refractivity contribution in [2.45, 2.75) is 103 Å². The SMILES string of the molecule is Cc1nc(C(C)C)n(C2CCN([C@H](C)C[C@H](NC(=O)C3CCC(F)(F)CC3)c3ccccc3)CC2)n1. The van der Waals surface area contributed by atoms with E-state index in [-0.39, 0.29) is 49.6 Å². The fourth-order valence-electron chi connectivity index (χ4n) is 5.73. The van der Waals surface area contributed by atoms with Crippen LogP contribution in [0.2, 0.25) is 0 Å². The highest BCUT2D eigenvalue weighted by Crippen LogP contribution is 2.37. The number of halogens is 2. The van der Waals surface area contributed by atoms with Crippen molar-refractivity contribution in [3.05, 3.63) is 47.5 Å². The monoisotopic (exact) mass is 501 g/mol.